The molecule has 3 rings (SSSR count). The van der Waals surface area contributed by atoms with E-state index in [-0.39, 0.29) is 17.9 Å². The molecule has 0 atom stereocenters. The fourth-order valence-corrected chi connectivity index (χ4v) is 4.32. The van der Waals surface area contributed by atoms with Gasteiger partial charge in [0.15, 0.2) is 5.82 Å². The molecule has 7 nitrogen and oxygen atoms in total. The lowest BCUT2D eigenvalue weighted by atomic mass is 9.89. The highest BCUT2D eigenvalue weighted by Crippen LogP contribution is 2.34. The lowest BCUT2D eigenvalue weighted by molar-refractivity contribution is -0.133. The fraction of sp³-hybridized carbons (Fsp3) is 0.583. The van der Waals surface area contributed by atoms with Gasteiger partial charge in [0.1, 0.15) is 5.54 Å². The molecule has 1 fully saturated rings. The summed E-state index contributed by atoms with van der Waals surface area (Å²) in [7, 11) is 0. The number of benzene rings is 1. The van der Waals surface area contributed by atoms with Crippen LogP contribution in [0.1, 0.15) is 83.0 Å². The third-order valence-corrected chi connectivity index (χ3v) is 5.96. The number of aromatic nitrogens is 2. The number of hydrogen-bond acceptors (Lipinski definition) is 5. The zero-order chi connectivity index (χ0) is 22.3. The second-order valence-corrected chi connectivity index (χ2v) is 8.79. The Bertz CT molecular complexity index is 855. The first-order valence-electron chi connectivity index (χ1n) is 11.3. The first-order chi connectivity index (χ1) is 14.9. The van der Waals surface area contributed by atoms with Crippen LogP contribution in [0, 0.1) is 0 Å². The molecule has 1 aromatic carbocycles. The third-order valence-electron chi connectivity index (χ3n) is 5.96. The average molecular weight is 427 g/mol. The zero-order valence-electron chi connectivity index (χ0n) is 18.9. The van der Waals surface area contributed by atoms with Gasteiger partial charge in [-0.1, -0.05) is 61.2 Å². The molecule has 0 bridgehead atoms. The van der Waals surface area contributed by atoms with Crippen molar-refractivity contribution in [2.75, 3.05) is 0 Å². The molecule has 0 unspecified atom stereocenters. The minimum atomic E-state index is -0.564. The number of nitrogens with zero attached hydrogens (tertiary/aromatic N) is 3. The lowest BCUT2D eigenvalue weighted by Gasteiger charge is -2.30. The predicted molar refractivity (Wildman–Crippen MR) is 118 cm³/mol. The van der Waals surface area contributed by atoms with Crippen LogP contribution in [-0.2, 0) is 28.1 Å². The summed E-state index contributed by atoms with van der Waals surface area (Å²) in [5.74, 6) is 0.958. The van der Waals surface area contributed by atoms with E-state index < -0.39 is 5.54 Å². The van der Waals surface area contributed by atoms with Gasteiger partial charge in [-0.2, -0.15) is 4.98 Å². The quantitative estimate of drug-likeness (QED) is 0.641. The van der Waals surface area contributed by atoms with Crippen LogP contribution in [0.15, 0.2) is 34.9 Å². The highest BCUT2D eigenvalue weighted by atomic mass is 16.5. The van der Waals surface area contributed by atoms with Gasteiger partial charge in [-0.25, -0.2) is 0 Å². The third kappa shape index (κ3) is 6.15. The molecule has 1 aromatic heterocycles. The van der Waals surface area contributed by atoms with Crippen LogP contribution in [0.3, 0.4) is 0 Å². The van der Waals surface area contributed by atoms with Gasteiger partial charge in [0.25, 0.3) is 0 Å². The van der Waals surface area contributed by atoms with Crippen molar-refractivity contribution >= 4 is 11.8 Å². The van der Waals surface area contributed by atoms with Crippen LogP contribution in [0.2, 0.25) is 0 Å². The Morgan fingerprint density at radius 3 is 2.42 bits per heavy atom. The Kier molecular flexibility index (Phi) is 7.82. The van der Waals surface area contributed by atoms with E-state index in [9.17, 15) is 9.59 Å². The minimum absolute atomic E-state index is 0.0599. The number of carbonyl (C=O) groups excluding carboxylic acids is 2. The van der Waals surface area contributed by atoms with Gasteiger partial charge in [-0.05, 0) is 32.3 Å². The molecule has 0 aliphatic heterocycles. The minimum Gasteiger partial charge on any atom is -0.343 e. The van der Waals surface area contributed by atoms with E-state index in [1.165, 1.54) is 6.92 Å². The molecule has 2 amide bonds. The molecular weight excluding hydrogens is 392 g/mol. The van der Waals surface area contributed by atoms with Crippen molar-refractivity contribution in [2.45, 2.75) is 90.3 Å². The second kappa shape index (κ2) is 10.6. The first-order valence-corrected chi connectivity index (χ1v) is 11.3. The molecule has 168 valence electrons. The van der Waals surface area contributed by atoms with Gasteiger partial charge in [0.05, 0.1) is 0 Å². The number of hydrogen-bond donors (Lipinski definition) is 1. The van der Waals surface area contributed by atoms with Crippen LogP contribution in [0.4, 0.5) is 0 Å². The van der Waals surface area contributed by atoms with Gasteiger partial charge in [-0.3, -0.25) is 9.59 Å². The Morgan fingerprint density at radius 1 is 1.13 bits per heavy atom. The van der Waals surface area contributed by atoms with E-state index in [1.54, 1.807) is 0 Å². The molecule has 7 heteroatoms. The Labute approximate surface area is 184 Å². The smallest absolute Gasteiger partial charge is 0.227 e. The normalized spacial score (nSPS) is 16.0. The first kappa shape index (κ1) is 23.0. The SMILES string of the molecule is CC(=O)NC1(c2noc(CCC(=O)N(Cc3ccccc3)C(C)C)n2)CCCCCC1. The van der Waals surface area contributed by atoms with Gasteiger partial charge < -0.3 is 14.7 Å². The van der Waals surface area contributed by atoms with Crippen molar-refractivity contribution < 1.29 is 14.1 Å². The lowest BCUT2D eigenvalue weighted by Crippen LogP contribution is -2.45. The highest BCUT2D eigenvalue weighted by molar-refractivity contribution is 5.76. The Balaban J connectivity index is 1.66. The van der Waals surface area contributed by atoms with Crippen molar-refractivity contribution in [1.29, 1.82) is 0 Å². The summed E-state index contributed by atoms with van der Waals surface area (Å²) in [5.41, 5.74) is 0.543. The summed E-state index contributed by atoms with van der Waals surface area (Å²) in [6, 6.07) is 10.1. The number of nitrogens with one attached hydrogen (secondary N) is 1. The maximum Gasteiger partial charge on any atom is 0.227 e. The molecule has 1 saturated carbocycles. The molecule has 0 spiro atoms. The fourth-order valence-electron chi connectivity index (χ4n) is 4.32. The Morgan fingerprint density at radius 2 is 1.81 bits per heavy atom. The van der Waals surface area contributed by atoms with E-state index in [2.05, 4.69) is 15.5 Å². The van der Waals surface area contributed by atoms with Crippen molar-refractivity contribution in [3.8, 4) is 0 Å². The molecule has 2 aromatic rings. The van der Waals surface area contributed by atoms with E-state index in [0.717, 1.165) is 44.1 Å². The second-order valence-electron chi connectivity index (χ2n) is 8.79. The molecule has 31 heavy (non-hydrogen) atoms. The monoisotopic (exact) mass is 426 g/mol. The van der Waals surface area contributed by atoms with E-state index in [1.807, 2.05) is 49.1 Å². The molecule has 0 radical (unpaired) electrons. The van der Waals surface area contributed by atoms with Gasteiger partial charge in [-0.15, -0.1) is 0 Å². The maximum atomic E-state index is 12.9. The molecule has 0 saturated heterocycles. The van der Waals surface area contributed by atoms with E-state index in [4.69, 9.17) is 4.52 Å². The number of aryl methyl sites for hydroxylation is 1. The summed E-state index contributed by atoms with van der Waals surface area (Å²) in [5, 5.41) is 7.30. The molecule has 1 heterocycles. The Hall–Kier alpha value is -2.70. The van der Waals surface area contributed by atoms with Crippen molar-refractivity contribution in [2.24, 2.45) is 0 Å². The van der Waals surface area contributed by atoms with Crippen LogP contribution in [0.5, 0.6) is 0 Å². The summed E-state index contributed by atoms with van der Waals surface area (Å²) in [4.78, 5) is 31.2. The standard InChI is InChI=1S/C24H34N4O3/c1-18(2)28(17-20-11-7-6-8-12-20)22(30)14-13-21-25-23(27-31-21)24(26-19(3)29)15-9-4-5-10-16-24/h6-8,11-12,18H,4-5,9-10,13-17H2,1-3H3,(H,26,29). The molecule has 1 aliphatic rings. The van der Waals surface area contributed by atoms with Crippen LogP contribution < -0.4 is 5.32 Å². The molecule has 1 N–H and O–H groups in total. The largest absolute Gasteiger partial charge is 0.343 e. The van der Waals surface area contributed by atoms with Crippen LogP contribution in [0.25, 0.3) is 0 Å². The van der Waals surface area contributed by atoms with Crippen LogP contribution >= 0.6 is 0 Å². The van der Waals surface area contributed by atoms with Gasteiger partial charge in [0.2, 0.25) is 17.7 Å². The summed E-state index contributed by atoms with van der Waals surface area (Å²) >= 11 is 0. The van der Waals surface area contributed by atoms with Crippen molar-refractivity contribution in [3.05, 3.63) is 47.6 Å². The number of rotatable bonds is 8. The topological polar surface area (TPSA) is 88.3 Å². The summed E-state index contributed by atoms with van der Waals surface area (Å²) < 4.78 is 5.49. The van der Waals surface area contributed by atoms with Gasteiger partial charge in [0, 0.05) is 32.4 Å². The van der Waals surface area contributed by atoms with Crippen LogP contribution in [-0.4, -0.2) is 32.9 Å². The highest BCUT2D eigenvalue weighted by Gasteiger charge is 2.38. The predicted octanol–water partition coefficient (Wildman–Crippen LogP) is 4.13. The van der Waals surface area contributed by atoms with Crippen molar-refractivity contribution in [3.63, 3.8) is 0 Å². The maximum absolute atomic E-state index is 12.9. The average Bonchev–Trinajstić information content (AvgIpc) is 3.10. The zero-order valence-corrected chi connectivity index (χ0v) is 18.9. The van der Waals surface area contributed by atoms with Crippen molar-refractivity contribution in [1.82, 2.24) is 20.4 Å². The summed E-state index contributed by atoms with van der Waals surface area (Å²) in [6.07, 6.45) is 6.64. The van der Waals surface area contributed by atoms with E-state index in [0.29, 0.717) is 31.1 Å². The molecule has 1 aliphatic carbocycles. The number of amides is 2. The number of carbonyl (C=O) groups is 2. The summed E-state index contributed by atoms with van der Waals surface area (Å²) in [6.45, 7) is 6.15. The van der Waals surface area contributed by atoms with Gasteiger partial charge >= 0.3 is 0 Å². The molecular formula is C24H34N4O3. The van der Waals surface area contributed by atoms with E-state index >= 15 is 0 Å².